The molecule has 0 atom stereocenters. The maximum absolute atomic E-state index is 13.0. The number of ether oxygens (including phenoxy) is 1. The Hall–Kier alpha value is -2.37. The second-order valence-electron chi connectivity index (χ2n) is 6.62. The summed E-state index contributed by atoms with van der Waals surface area (Å²) in [5.74, 6) is -0.415. The van der Waals surface area contributed by atoms with E-state index in [1.165, 1.54) is 0 Å². The molecule has 0 radical (unpaired) electrons. The maximum atomic E-state index is 13.0. The number of carbonyl (C=O) groups is 2. The van der Waals surface area contributed by atoms with Crippen LogP contribution < -0.4 is 10.6 Å². The lowest BCUT2D eigenvalue weighted by Gasteiger charge is -2.36. The molecular weight excluding hydrogens is 364 g/mol. The first kappa shape index (κ1) is 19.4. The van der Waals surface area contributed by atoms with Gasteiger partial charge < -0.3 is 15.4 Å². The minimum absolute atomic E-state index is 0.0707. The van der Waals surface area contributed by atoms with Gasteiger partial charge in [0.15, 0.2) is 0 Å². The van der Waals surface area contributed by atoms with E-state index >= 15 is 0 Å². The van der Waals surface area contributed by atoms with E-state index in [-0.39, 0.29) is 18.4 Å². The monoisotopic (exact) mass is 386 g/mol. The molecule has 2 amide bonds. The molecule has 1 fully saturated rings. The molecule has 142 valence electrons. The molecule has 3 rings (SSSR count). The molecule has 0 spiro atoms. The van der Waals surface area contributed by atoms with Gasteiger partial charge in [-0.25, -0.2) is 0 Å². The summed E-state index contributed by atoms with van der Waals surface area (Å²) in [5, 5.41) is 6.16. The van der Waals surface area contributed by atoms with E-state index in [0.717, 1.165) is 11.1 Å². The summed E-state index contributed by atoms with van der Waals surface area (Å²) in [5.41, 5.74) is 1.03. The van der Waals surface area contributed by atoms with Crippen LogP contribution >= 0.6 is 11.6 Å². The Morgan fingerprint density at radius 3 is 2.33 bits per heavy atom. The minimum atomic E-state index is -0.768. The molecule has 2 aromatic carbocycles. The van der Waals surface area contributed by atoms with Crippen LogP contribution in [-0.4, -0.2) is 31.6 Å². The maximum Gasteiger partial charge on any atom is 0.239 e. The molecular formula is C21H23ClN2O3. The molecule has 1 aliphatic rings. The zero-order valence-corrected chi connectivity index (χ0v) is 15.8. The third kappa shape index (κ3) is 4.67. The van der Waals surface area contributed by atoms with E-state index in [9.17, 15) is 9.59 Å². The number of nitrogens with one attached hydrogen (secondary N) is 2. The molecule has 1 saturated heterocycles. The molecule has 27 heavy (non-hydrogen) atoms. The van der Waals surface area contributed by atoms with E-state index < -0.39 is 5.41 Å². The molecule has 5 nitrogen and oxygen atoms in total. The fourth-order valence-corrected chi connectivity index (χ4v) is 3.69. The number of hydrogen-bond acceptors (Lipinski definition) is 3. The quantitative estimate of drug-likeness (QED) is 0.802. The summed E-state index contributed by atoms with van der Waals surface area (Å²) < 4.78 is 5.45. The fourth-order valence-electron chi connectivity index (χ4n) is 3.38. The molecule has 0 aromatic heterocycles. The third-order valence-corrected chi connectivity index (χ3v) is 5.24. The summed E-state index contributed by atoms with van der Waals surface area (Å²) in [6.45, 7) is 1.33. The molecule has 6 heteroatoms. The summed E-state index contributed by atoms with van der Waals surface area (Å²) >= 11 is 6.37. The van der Waals surface area contributed by atoms with Crippen molar-refractivity contribution >= 4 is 23.4 Å². The van der Waals surface area contributed by atoms with Crippen LogP contribution in [0.4, 0.5) is 0 Å². The number of carbonyl (C=O) groups excluding carboxylic acids is 2. The van der Waals surface area contributed by atoms with Crippen LogP contribution in [0.25, 0.3) is 0 Å². The first-order chi connectivity index (χ1) is 13.1. The molecule has 0 saturated carbocycles. The molecule has 0 bridgehead atoms. The van der Waals surface area contributed by atoms with Gasteiger partial charge in [-0.1, -0.05) is 60.1 Å². The number of benzene rings is 2. The lowest BCUT2D eigenvalue weighted by Crippen LogP contribution is -2.50. The highest BCUT2D eigenvalue weighted by molar-refractivity contribution is 6.31. The molecule has 0 aliphatic carbocycles. The Bertz CT molecular complexity index is 789. The van der Waals surface area contributed by atoms with Crippen molar-refractivity contribution in [1.29, 1.82) is 0 Å². The summed E-state index contributed by atoms with van der Waals surface area (Å²) in [6.07, 6.45) is 1.07. The van der Waals surface area contributed by atoms with E-state index in [4.69, 9.17) is 16.3 Å². The number of hydrogen-bond donors (Lipinski definition) is 2. The minimum Gasteiger partial charge on any atom is -0.381 e. The number of amides is 2. The zero-order chi connectivity index (χ0) is 19.1. The first-order valence-corrected chi connectivity index (χ1v) is 9.41. The summed E-state index contributed by atoms with van der Waals surface area (Å²) in [7, 11) is 0. The van der Waals surface area contributed by atoms with Crippen LogP contribution in [0.3, 0.4) is 0 Å². The van der Waals surface area contributed by atoms with Gasteiger partial charge in [-0.3, -0.25) is 9.59 Å². The van der Waals surface area contributed by atoms with Crippen molar-refractivity contribution in [1.82, 2.24) is 10.6 Å². The zero-order valence-electron chi connectivity index (χ0n) is 15.0. The average molecular weight is 387 g/mol. The largest absolute Gasteiger partial charge is 0.381 e. The molecule has 1 aliphatic heterocycles. The van der Waals surface area contributed by atoms with Crippen LogP contribution in [0.5, 0.6) is 0 Å². The second kappa shape index (κ2) is 9.02. The predicted octanol–water partition coefficient (Wildman–Crippen LogP) is 2.82. The van der Waals surface area contributed by atoms with E-state index in [2.05, 4.69) is 10.6 Å². The highest BCUT2D eigenvalue weighted by atomic mass is 35.5. The van der Waals surface area contributed by atoms with Crippen molar-refractivity contribution in [3.8, 4) is 0 Å². The van der Waals surface area contributed by atoms with Crippen molar-refractivity contribution < 1.29 is 14.3 Å². The summed E-state index contributed by atoms with van der Waals surface area (Å²) in [4.78, 5) is 25.2. The topological polar surface area (TPSA) is 67.4 Å². The highest BCUT2D eigenvalue weighted by Crippen LogP contribution is 2.38. The number of rotatable bonds is 6. The van der Waals surface area contributed by atoms with Crippen molar-refractivity contribution in [2.24, 2.45) is 0 Å². The summed E-state index contributed by atoms with van der Waals surface area (Å²) in [6, 6.07) is 17.0. The van der Waals surface area contributed by atoms with Gasteiger partial charge in [0.05, 0.1) is 12.0 Å². The van der Waals surface area contributed by atoms with Gasteiger partial charge >= 0.3 is 0 Å². The SMILES string of the molecule is O=C(CNC(=O)C1(c2ccccc2Cl)CCOCC1)NCc1ccccc1. The van der Waals surface area contributed by atoms with Gasteiger partial charge in [-0.2, -0.15) is 0 Å². The van der Waals surface area contributed by atoms with Gasteiger partial charge in [0, 0.05) is 24.8 Å². The Morgan fingerprint density at radius 2 is 1.63 bits per heavy atom. The van der Waals surface area contributed by atoms with Gasteiger partial charge in [0.2, 0.25) is 11.8 Å². The van der Waals surface area contributed by atoms with E-state index in [0.29, 0.717) is 37.6 Å². The Morgan fingerprint density at radius 1 is 0.963 bits per heavy atom. The molecule has 0 unspecified atom stereocenters. The Kier molecular flexibility index (Phi) is 6.48. The van der Waals surface area contributed by atoms with Gasteiger partial charge in [0.25, 0.3) is 0 Å². The van der Waals surface area contributed by atoms with E-state index in [1.807, 2.05) is 48.5 Å². The molecule has 1 heterocycles. The predicted molar refractivity (Wildman–Crippen MR) is 104 cm³/mol. The molecule has 2 N–H and O–H groups in total. The normalized spacial score (nSPS) is 15.7. The second-order valence-corrected chi connectivity index (χ2v) is 7.03. The van der Waals surface area contributed by atoms with Crippen LogP contribution in [0.1, 0.15) is 24.0 Å². The standard InChI is InChI=1S/C21H23ClN2O3/c22-18-9-5-4-8-17(18)21(10-12-27-13-11-21)20(26)24-15-19(25)23-14-16-6-2-1-3-7-16/h1-9H,10-15H2,(H,23,25)(H,24,26). The smallest absolute Gasteiger partial charge is 0.239 e. The van der Waals surface area contributed by atoms with Gasteiger partial charge in [-0.15, -0.1) is 0 Å². The van der Waals surface area contributed by atoms with Gasteiger partial charge in [-0.05, 0) is 30.0 Å². The highest BCUT2D eigenvalue weighted by Gasteiger charge is 2.42. The fraction of sp³-hybridized carbons (Fsp3) is 0.333. The number of halogens is 1. The molecule has 2 aromatic rings. The van der Waals surface area contributed by atoms with Crippen molar-refractivity contribution in [2.45, 2.75) is 24.8 Å². The van der Waals surface area contributed by atoms with Crippen LogP contribution in [0, 0.1) is 0 Å². The Balaban J connectivity index is 1.63. The lowest BCUT2D eigenvalue weighted by atomic mass is 9.73. The van der Waals surface area contributed by atoms with Crippen LogP contribution in [0.2, 0.25) is 5.02 Å². The Labute approximate surface area is 164 Å². The average Bonchev–Trinajstić information content (AvgIpc) is 2.72. The van der Waals surface area contributed by atoms with Crippen LogP contribution in [-0.2, 0) is 26.3 Å². The van der Waals surface area contributed by atoms with Gasteiger partial charge in [0.1, 0.15) is 0 Å². The lowest BCUT2D eigenvalue weighted by molar-refractivity contribution is -0.132. The van der Waals surface area contributed by atoms with Crippen molar-refractivity contribution in [3.63, 3.8) is 0 Å². The van der Waals surface area contributed by atoms with E-state index in [1.54, 1.807) is 6.07 Å². The van der Waals surface area contributed by atoms with Crippen molar-refractivity contribution in [2.75, 3.05) is 19.8 Å². The third-order valence-electron chi connectivity index (χ3n) is 4.91. The van der Waals surface area contributed by atoms with Crippen LogP contribution in [0.15, 0.2) is 54.6 Å². The first-order valence-electron chi connectivity index (χ1n) is 9.03. The van der Waals surface area contributed by atoms with Crippen molar-refractivity contribution in [3.05, 3.63) is 70.7 Å².